The molecule has 2 unspecified atom stereocenters. The van der Waals surface area contributed by atoms with Gasteiger partial charge in [0.2, 0.25) is 11.8 Å². The van der Waals surface area contributed by atoms with E-state index in [1.54, 1.807) is 51.1 Å². The lowest BCUT2D eigenvalue weighted by molar-refractivity contribution is -0.151. The standard InChI is InChI=1S/C28H37N3O6.C2H6/c1-6-17-31(18-23(32)36-19-21-13-9-7-10-14-21)26(34)24(22-15-11-8-12-16-22)30-25(33)20(2)29-27(35)37-28(3,4)5;1-2/h7-16,20,24H,6,17-19H2,1-5H3,(H,29,35)(H,30,33);1-2H3. The van der Waals surface area contributed by atoms with Crippen LogP contribution < -0.4 is 10.6 Å². The highest BCUT2D eigenvalue weighted by molar-refractivity contribution is 5.93. The molecule has 0 aliphatic heterocycles. The van der Waals surface area contributed by atoms with Gasteiger partial charge in [-0.1, -0.05) is 81.4 Å². The van der Waals surface area contributed by atoms with Crippen LogP contribution in [0, 0.1) is 0 Å². The van der Waals surface area contributed by atoms with E-state index in [4.69, 9.17) is 9.47 Å². The van der Waals surface area contributed by atoms with Crippen molar-refractivity contribution in [2.45, 2.75) is 79.2 Å². The van der Waals surface area contributed by atoms with Crippen molar-refractivity contribution in [1.29, 1.82) is 0 Å². The van der Waals surface area contributed by atoms with Gasteiger partial charge in [0.1, 0.15) is 30.8 Å². The van der Waals surface area contributed by atoms with Gasteiger partial charge in [-0.15, -0.1) is 0 Å². The lowest BCUT2D eigenvalue weighted by Gasteiger charge is -2.28. The van der Waals surface area contributed by atoms with Crippen molar-refractivity contribution in [3.8, 4) is 0 Å². The Bertz CT molecular complexity index is 1040. The van der Waals surface area contributed by atoms with Crippen LogP contribution in [0.2, 0.25) is 0 Å². The van der Waals surface area contributed by atoms with Crippen LogP contribution in [-0.4, -0.2) is 53.5 Å². The van der Waals surface area contributed by atoms with Crippen molar-refractivity contribution in [2.75, 3.05) is 13.1 Å². The third-order valence-corrected chi connectivity index (χ3v) is 5.16. The number of carbonyl (C=O) groups is 4. The molecule has 0 saturated heterocycles. The molecular weight excluding hydrogens is 498 g/mol. The van der Waals surface area contributed by atoms with Gasteiger partial charge in [0.05, 0.1) is 0 Å². The Morgan fingerprint density at radius 1 is 0.897 bits per heavy atom. The summed E-state index contributed by atoms with van der Waals surface area (Å²) in [5.41, 5.74) is 0.660. The van der Waals surface area contributed by atoms with Crippen LogP contribution >= 0.6 is 0 Å². The first-order chi connectivity index (χ1) is 18.5. The Labute approximate surface area is 232 Å². The van der Waals surface area contributed by atoms with E-state index in [9.17, 15) is 19.2 Å². The van der Waals surface area contributed by atoms with Crippen molar-refractivity contribution in [1.82, 2.24) is 15.5 Å². The predicted octanol–water partition coefficient (Wildman–Crippen LogP) is 4.77. The summed E-state index contributed by atoms with van der Waals surface area (Å²) in [6.07, 6.45) is -0.143. The Morgan fingerprint density at radius 3 is 2.00 bits per heavy atom. The zero-order chi connectivity index (χ0) is 29.4. The number of ether oxygens (including phenoxy) is 2. The van der Waals surface area contributed by atoms with E-state index in [2.05, 4.69) is 10.6 Å². The molecule has 0 aliphatic rings. The van der Waals surface area contributed by atoms with E-state index in [1.807, 2.05) is 51.1 Å². The van der Waals surface area contributed by atoms with Crippen molar-refractivity contribution in [3.63, 3.8) is 0 Å². The fourth-order valence-electron chi connectivity index (χ4n) is 3.41. The van der Waals surface area contributed by atoms with Crippen molar-refractivity contribution in [3.05, 3.63) is 71.8 Å². The minimum Gasteiger partial charge on any atom is -0.459 e. The third kappa shape index (κ3) is 12.5. The number of nitrogens with one attached hydrogen (secondary N) is 2. The zero-order valence-electron chi connectivity index (χ0n) is 24.2. The Morgan fingerprint density at radius 2 is 1.46 bits per heavy atom. The first-order valence-electron chi connectivity index (χ1n) is 13.3. The van der Waals surface area contributed by atoms with E-state index in [-0.39, 0.29) is 13.2 Å². The molecule has 9 nitrogen and oxygen atoms in total. The van der Waals surface area contributed by atoms with Crippen LogP contribution in [0.5, 0.6) is 0 Å². The molecule has 0 fully saturated rings. The molecule has 0 aliphatic carbocycles. The van der Waals surface area contributed by atoms with Crippen LogP contribution in [0.4, 0.5) is 4.79 Å². The molecular formula is C30H43N3O6. The fraction of sp³-hybridized carbons (Fsp3) is 0.467. The van der Waals surface area contributed by atoms with Crippen molar-refractivity contribution in [2.24, 2.45) is 0 Å². The fourth-order valence-corrected chi connectivity index (χ4v) is 3.41. The maximum absolute atomic E-state index is 13.6. The van der Waals surface area contributed by atoms with E-state index in [0.717, 1.165) is 5.56 Å². The van der Waals surface area contributed by atoms with E-state index >= 15 is 0 Å². The van der Waals surface area contributed by atoms with Gasteiger partial charge in [-0.3, -0.25) is 14.4 Å². The van der Waals surface area contributed by atoms with Crippen LogP contribution in [0.25, 0.3) is 0 Å². The molecule has 0 radical (unpaired) electrons. The maximum atomic E-state index is 13.6. The highest BCUT2D eigenvalue weighted by Crippen LogP contribution is 2.17. The number of nitrogens with zero attached hydrogens (tertiary/aromatic N) is 1. The van der Waals surface area contributed by atoms with E-state index in [1.165, 1.54) is 11.8 Å². The van der Waals surface area contributed by atoms with Gasteiger partial charge in [0.15, 0.2) is 0 Å². The first-order valence-corrected chi connectivity index (χ1v) is 13.3. The van der Waals surface area contributed by atoms with Gasteiger partial charge < -0.3 is 25.0 Å². The largest absolute Gasteiger partial charge is 0.459 e. The molecule has 0 bridgehead atoms. The molecule has 2 atom stereocenters. The van der Waals surface area contributed by atoms with Crippen LogP contribution in [-0.2, 0) is 30.5 Å². The Balaban J connectivity index is 0.00000371. The summed E-state index contributed by atoms with van der Waals surface area (Å²) in [4.78, 5) is 52.6. The van der Waals surface area contributed by atoms with E-state index < -0.39 is 41.6 Å². The van der Waals surface area contributed by atoms with Crippen molar-refractivity contribution < 1.29 is 28.7 Å². The second kappa shape index (κ2) is 16.9. The minimum atomic E-state index is -1.06. The summed E-state index contributed by atoms with van der Waals surface area (Å²) in [6.45, 7) is 12.7. The number of esters is 1. The second-order valence-corrected chi connectivity index (χ2v) is 9.63. The highest BCUT2D eigenvalue weighted by Gasteiger charge is 2.31. The summed E-state index contributed by atoms with van der Waals surface area (Å²) in [6, 6.07) is 16.0. The zero-order valence-corrected chi connectivity index (χ0v) is 24.2. The van der Waals surface area contributed by atoms with Crippen LogP contribution in [0.15, 0.2) is 60.7 Å². The summed E-state index contributed by atoms with van der Waals surface area (Å²) >= 11 is 0. The predicted molar refractivity (Wildman–Crippen MR) is 151 cm³/mol. The maximum Gasteiger partial charge on any atom is 0.408 e. The number of rotatable bonds is 11. The molecule has 214 valence electrons. The molecule has 0 aromatic heterocycles. The average Bonchev–Trinajstić information content (AvgIpc) is 2.91. The summed E-state index contributed by atoms with van der Waals surface area (Å²) in [5.74, 6) is -1.58. The molecule has 9 heteroatoms. The molecule has 2 N–H and O–H groups in total. The SMILES string of the molecule is CC.CCCN(CC(=O)OCc1ccccc1)C(=O)C(NC(=O)C(C)NC(=O)OC(C)(C)C)c1ccccc1. The third-order valence-electron chi connectivity index (χ3n) is 5.16. The lowest BCUT2D eigenvalue weighted by Crippen LogP contribution is -2.51. The Hall–Kier alpha value is -3.88. The number of hydrogen-bond acceptors (Lipinski definition) is 6. The molecule has 3 amide bonds. The van der Waals surface area contributed by atoms with Gasteiger partial charge in [0.25, 0.3) is 0 Å². The monoisotopic (exact) mass is 541 g/mol. The van der Waals surface area contributed by atoms with Gasteiger partial charge in [-0.2, -0.15) is 0 Å². The Kier molecular flexibility index (Phi) is 14.3. The summed E-state index contributed by atoms with van der Waals surface area (Å²) in [7, 11) is 0. The molecule has 0 heterocycles. The molecule has 39 heavy (non-hydrogen) atoms. The summed E-state index contributed by atoms with van der Waals surface area (Å²) in [5, 5.41) is 5.20. The van der Waals surface area contributed by atoms with Gasteiger partial charge >= 0.3 is 12.1 Å². The molecule has 2 rings (SSSR count). The van der Waals surface area contributed by atoms with Crippen LogP contribution in [0.3, 0.4) is 0 Å². The lowest BCUT2D eigenvalue weighted by atomic mass is 10.0. The number of amides is 3. The number of carbonyl (C=O) groups excluding carboxylic acids is 4. The van der Waals surface area contributed by atoms with Gasteiger partial charge in [-0.25, -0.2) is 4.79 Å². The number of benzene rings is 2. The second-order valence-electron chi connectivity index (χ2n) is 9.63. The van der Waals surface area contributed by atoms with Gasteiger partial charge in [-0.05, 0) is 45.2 Å². The minimum absolute atomic E-state index is 0.0977. The smallest absolute Gasteiger partial charge is 0.408 e. The van der Waals surface area contributed by atoms with Crippen LogP contribution in [0.1, 0.15) is 72.1 Å². The first kappa shape index (κ1) is 33.1. The molecule has 2 aromatic rings. The molecule has 0 saturated carbocycles. The quantitative estimate of drug-likeness (QED) is 0.396. The van der Waals surface area contributed by atoms with Gasteiger partial charge in [0, 0.05) is 6.54 Å². The number of hydrogen-bond donors (Lipinski definition) is 2. The van der Waals surface area contributed by atoms with Crippen molar-refractivity contribution >= 4 is 23.9 Å². The topological polar surface area (TPSA) is 114 Å². The van der Waals surface area contributed by atoms with E-state index in [0.29, 0.717) is 18.5 Å². The molecule has 2 aromatic carbocycles. The normalized spacial score (nSPS) is 12.1. The molecule has 0 spiro atoms. The highest BCUT2D eigenvalue weighted by atomic mass is 16.6. The summed E-state index contributed by atoms with van der Waals surface area (Å²) < 4.78 is 10.6. The number of alkyl carbamates (subject to hydrolysis) is 1. The average molecular weight is 542 g/mol.